The second-order valence-electron chi connectivity index (χ2n) is 6.99. The van der Waals surface area contributed by atoms with Crippen LogP contribution in [0.5, 0.6) is 0 Å². The molecule has 1 aromatic carbocycles. The lowest BCUT2D eigenvalue weighted by molar-refractivity contribution is 0.0944. The van der Waals surface area contributed by atoms with Crippen LogP contribution in [0.3, 0.4) is 0 Å². The summed E-state index contributed by atoms with van der Waals surface area (Å²) in [5.41, 5.74) is 1.39. The highest BCUT2D eigenvalue weighted by atomic mass is 16.3. The topological polar surface area (TPSA) is 120 Å². The fourth-order valence-corrected chi connectivity index (χ4v) is 2.57. The molecule has 5 N–H and O–H groups in total. The number of nitrogens with zero attached hydrogens (tertiary/aromatic N) is 4. The van der Waals surface area contributed by atoms with E-state index in [0.29, 0.717) is 47.7 Å². The Balaban J connectivity index is 2.04. The Bertz CT molecular complexity index is 940. The van der Waals surface area contributed by atoms with Crippen molar-refractivity contribution in [1.29, 1.82) is 0 Å². The van der Waals surface area contributed by atoms with Gasteiger partial charge in [-0.3, -0.25) is 0 Å². The predicted octanol–water partition coefficient (Wildman–Crippen LogP) is 2.30. The van der Waals surface area contributed by atoms with Gasteiger partial charge in [-0.1, -0.05) is 30.3 Å². The largest absolute Gasteiger partial charge is 0.389 e. The van der Waals surface area contributed by atoms with Crippen molar-refractivity contribution in [3.8, 4) is 0 Å². The number of hydrogen-bond donors (Lipinski definition) is 5. The molecule has 0 radical (unpaired) electrons. The summed E-state index contributed by atoms with van der Waals surface area (Å²) in [5.74, 6) is 2.02. The molecule has 0 amide bonds. The number of aliphatic hydroxyl groups is 1. The fraction of sp³-hybridized carbons (Fsp3) is 0.368. The van der Waals surface area contributed by atoms with E-state index in [1.165, 1.54) is 0 Å². The van der Waals surface area contributed by atoms with Crippen LogP contribution in [0.15, 0.2) is 30.3 Å². The van der Waals surface area contributed by atoms with Gasteiger partial charge in [-0.15, -0.1) is 0 Å². The molecule has 0 spiro atoms. The Morgan fingerprint density at radius 1 is 0.821 bits per heavy atom. The van der Waals surface area contributed by atoms with Crippen molar-refractivity contribution in [3.05, 3.63) is 35.9 Å². The first-order valence-electron chi connectivity index (χ1n) is 9.09. The normalized spacial score (nSPS) is 11.3. The van der Waals surface area contributed by atoms with Crippen LogP contribution in [0.1, 0.15) is 19.4 Å². The maximum absolute atomic E-state index is 10.1. The molecule has 9 nitrogen and oxygen atoms in total. The zero-order valence-electron chi connectivity index (χ0n) is 16.5. The van der Waals surface area contributed by atoms with Crippen LogP contribution >= 0.6 is 0 Å². The first-order valence-corrected chi connectivity index (χ1v) is 9.09. The van der Waals surface area contributed by atoms with Crippen molar-refractivity contribution in [2.75, 3.05) is 41.9 Å². The molecule has 2 aromatic heterocycles. The highest BCUT2D eigenvalue weighted by molar-refractivity contribution is 5.94. The van der Waals surface area contributed by atoms with Crippen molar-refractivity contribution in [2.24, 2.45) is 0 Å². The van der Waals surface area contributed by atoms with E-state index in [4.69, 9.17) is 0 Å². The van der Waals surface area contributed by atoms with Crippen LogP contribution in [-0.4, -0.2) is 51.3 Å². The SMILES string of the molecule is CNc1nc(NCC(C)(C)O)c2nc(NC)nc(NCc3ccccc3)c2n1. The van der Waals surface area contributed by atoms with Gasteiger partial charge in [-0.25, -0.2) is 9.97 Å². The van der Waals surface area contributed by atoms with Gasteiger partial charge in [0.1, 0.15) is 11.0 Å². The summed E-state index contributed by atoms with van der Waals surface area (Å²) < 4.78 is 0. The monoisotopic (exact) mass is 382 g/mol. The Kier molecular flexibility index (Phi) is 5.74. The molecule has 0 aliphatic carbocycles. The minimum Gasteiger partial charge on any atom is -0.389 e. The molecule has 0 saturated heterocycles. The van der Waals surface area contributed by atoms with Crippen LogP contribution in [0.25, 0.3) is 11.0 Å². The van der Waals surface area contributed by atoms with E-state index < -0.39 is 5.60 Å². The minimum absolute atomic E-state index is 0.313. The van der Waals surface area contributed by atoms with E-state index in [0.717, 1.165) is 5.56 Å². The lowest BCUT2D eigenvalue weighted by Crippen LogP contribution is -2.29. The molecule has 0 saturated carbocycles. The number of aromatic nitrogens is 4. The molecule has 2 heterocycles. The second-order valence-corrected chi connectivity index (χ2v) is 6.99. The Hall–Kier alpha value is -3.20. The van der Waals surface area contributed by atoms with E-state index in [1.54, 1.807) is 27.9 Å². The van der Waals surface area contributed by atoms with E-state index in [2.05, 4.69) is 41.2 Å². The van der Waals surface area contributed by atoms with E-state index in [1.807, 2.05) is 30.3 Å². The Morgan fingerprint density at radius 3 is 1.86 bits per heavy atom. The van der Waals surface area contributed by atoms with Crippen molar-refractivity contribution >= 4 is 34.6 Å². The highest BCUT2D eigenvalue weighted by Gasteiger charge is 2.18. The van der Waals surface area contributed by atoms with Crippen molar-refractivity contribution in [3.63, 3.8) is 0 Å². The fourth-order valence-electron chi connectivity index (χ4n) is 2.57. The number of anilines is 4. The molecular weight excluding hydrogens is 356 g/mol. The van der Waals surface area contributed by atoms with Gasteiger partial charge in [0.05, 0.1) is 5.60 Å². The summed E-state index contributed by atoms with van der Waals surface area (Å²) in [7, 11) is 3.51. The first-order chi connectivity index (χ1) is 13.4. The smallest absolute Gasteiger partial charge is 0.225 e. The van der Waals surface area contributed by atoms with Gasteiger partial charge in [0.25, 0.3) is 0 Å². The lowest BCUT2D eigenvalue weighted by atomic mass is 10.1. The van der Waals surface area contributed by atoms with E-state index in [9.17, 15) is 5.11 Å². The van der Waals surface area contributed by atoms with Gasteiger partial charge < -0.3 is 26.4 Å². The summed E-state index contributed by atoms with van der Waals surface area (Å²) in [6, 6.07) is 10.1. The molecule has 0 aliphatic rings. The molecule has 148 valence electrons. The van der Waals surface area contributed by atoms with Crippen LogP contribution in [0.4, 0.5) is 23.5 Å². The molecule has 0 aliphatic heterocycles. The zero-order chi connectivity index (χ0) is 20.1. The summed E-state index contributed by atoms with van der Waals surface area (Å²) >= 11 is 0. The zero-order valence-corrected chi connectivity index (χ0v) is 16.5. The number of fused-ring (bicyclic) bond motifs is 1. The molecule has 28 heavy (non-hydrogen) atoms. The number of nitrogens with one attached hydrogen (secondary N) is 4. The molecule has 3 aromatic rings. The van der Waals surface area contributed by atoms with Gasteiger partial charge in [0.2, 0.25) is 11.9 Å². The molecule has 9 heteroatoms. The molecule has 0 bridgehead atoms. The quantitative estimate of drug-likeness (QED) is 0.400. The average Bonchev–Trinajstić information content (AvgIpc) is 2.70. The van der Waals surface area contributed by atoms with Crippen LogP contribution in [-0.2, 0) is 6.54 Å². The third-order valence-corrected chi connectivity index (χ3v) is 3.98. The lowest BCUT2D eigenvalue weighted by Gasteiger charge is -2.19. The van der Waals surface area contributed by atoms with Crippen LogP contribution in [0.2, 0.25) is 0 Å². The van der Waals surface area contributed by atoms with Crippen molar-refractivity contribution in [2.45, 2.75) is 26.0 Å². The summed E-state index contributed by atoms with van der Waals surface area (Å²) in [6.45, 7) is 4.36. The van der Waals surface area contributed by atoms with Gasteiger partial charge in [0, 0.05) is 27.2 Å². The highest BCUT2D eigenvalue weighted by Crippen LogP contribution is 2.27. The molecule has 0 fully saturated rings. The number of hydrogen-bond acceptors (Lipinski definition) is 9. The average molecular weight is 382 g/mol. The van der Waals surface area contributed by atoms with Gasteiger partial charge in [-0.05, 0) is 19.4 Å². The van der Waals surface area contributed by atoms with Crippen LogP contribution in [0, 0.1) is 0 Å². The Morgan fingerprint density at radius 2 is 1.36 bits per heavy atom. The predicted molar refractivity (Wildman–Crippen MR) is 113 cm³/mol. The van der Waals surface area contributed by atoms with Gasteiger partial charge in [-0.2, -0.15) is 9.97 Å². The first kappa shape index (κ1) is 19.6. The van der Waals surface area contributed by atoms with Gasteiger partial charge >= 0.3 is 0 Å². The summed E-state index contributed by atoms with van der Waals surface area (Å²) in [6.07, 6.45) is 0. The van der Waals surface area contributed by atoms with Crippen LogP contribution < -0.4 is 21.3 Å². The second kappa shape index (κ2) is 8.22. The molecule has 3 rings (SSSR count). The van der Waals surface area contributed by atoms with Crippen molar-refractivity contribution in [1.82, 2.24) is 19.9 Å². The standard InChI is InChI=1S/C19H26N8O/c1-19(2,28)11-23-16-14-13(24-18(21-4)27-16)15(26-17(20-3)25-14)22-10-12-8-6-5-7-9-12/h5-9,28H,10-11H2,1-4H3,(H2,20,22,25,26)(H2,21,23,24,27). The van der Waals surface area contributed by atoms with Gasteiger partial charge in [0.15, 0.2) is 11.6 Å². The maximum Gasteiger partial charge on any atom is 0.225 e. The van der Waals surface area contributed by atoms with E-state index >= 15 is 0 Å². The third kappa shape index (κ3) is 4.74. The molecule has 0 atom stereocenters. The molecule has 0 unspecified atom stereocenters. The molecular formula is C19H26N8O. The summed E-state index contributed by atoms with van der Waals surface area (Å²) in [5, 5.41) is 22.5. The number of rotatable bonds is 8. The third-order valence-electron chi connectivity index (χ3n) is 3.98. The summed E-state index contributed by atoms with van der Waals surface area (Å²) in [4.78, 5) is 18.1. The van der Waals surface area contributed by atoms with Crippen molar-refractivity contribution < 1.29 is 5.11 Å². The number of benzene rings is 1. The Labute approximate surface area is 164 Å². The van der Waals surface area contributed by atoms with E-state index in [-0.39, 0.29) is 0 Å². The maximum atomic E-state index is 10.1. The minimum atomic E-state index is -0.898.